The zero-order valence-corrected chi connectivity index (χ0v) is 20.8. The third-order valence-corrected chi connectivity index (χ3v) is 6.35. The Balaban J connectivity index is 0.00000324. The fraction of sp³-hybridized carbons (Fsp3) is 0.368. The zero-order chi connectivity index (χ0) is 23.6. The molecule has 0 aliphatic rings. The molecule has 0 radical (unpaired) electrons. The molecule has 3 aromatic heterocycles. The Kier molecular flexibility index (Phi) is 8.38. The maximum atomic E-state index is 13.0. The maximum absolute atomic E-state index is 13.0. The number of thioether (sulfide) groups is 1. The Bertz CT molecular complexity index is 1260. The molecule has 0 saturated carbocycles. The average Bonchev–Trinajstić information content (AvgIpc) is 3.36. The van der Waals surface area contributed by atoms with Gasteiger partial charge >= 0.3 is 6.18 Å². The Morgan fingerprint density at radius 3 is 2.65 bits per heavy atom. The second-order valence-corrected chi connectivity index (χ2v) is 9.35. The highest BCUT2D eigenvalue weighted by Gasteiger charge is 2.30. The zero-order valence-electron chi connectivity index (χ0n) is 18.4. The van der Waals surface area contributed by atoms with Gasteiger partial charge in [-0.3, -0.25) is 0 Å². The van der Waals surface area contributed by atoms with E-state index in [1.54, 1.807) is 15.3 Å². The van der Waals surface area contributed by atoms with E-state index in [-0.39, 0.29) is 12.4 Å². The molecule has 0 unspecified atom stereocenters. The number of aromatic nitrogens is 8. The highest BCUT2D eigenvalue weighted by Crippen LogP contribution is 2.31. The van der Waals surface area contributed by atoms with Crippen LogP contribution in [0.4, 0.5) is 13.2 Å². The number of benzene rings is 1. The van der Waals surface area contributed by atoms with Crippen molar-refractivity contribution < 1.29 is 13.2 Å². The standard InChI is InChI=1S/C19H20F3N9S2.ClH/c1-12-9-15(33-18-25-27-28-30(18)8-7-29(2)3)31-16(23-12)24-17(26-31)32-11-13-5-4-6-14(10-13)19(20,21)22;/h4-6,9-10H,7-8,11H2,1-3H3;1H. The van der Waals surface area contributed by atoms with E-state index >= 15 is 0 Å². The van der Waals surface area contributed by atoms with Gasteiger partial charge in [0.25, 0.3) is 5.78 Å². The van der Waals surface area contributed by atoms with Crippen molar-refractivity contribution in [2.45, 2.75) is 40.7 Å². The van der Waals surface area contributed by atoms with Gasteiger partial charge in [-0.1, -0.05) is 30.0 Å². The third-order valence-electron chi connectivity index (χ3n) is 4.46. The fourth-order valence-corrected chi connectivity index (χ4v) is 4.55. The number of rotatable bonds is 8. The van der Waals surface area contributed by atoms with E-state index in [1.165, 1.54) is 29.6 Å². The first-order valence-corrected chi connectivity index (χ1v) is 11.6. The van der Waals surface area contributed by atoms with Crippen LogP contribution in [0.25, 0.3) is 5.78 Å². The van der Waals surface area contributed by atoms with Crippen molar-refractivity contribution in [3.63, 3.8) is 0 Å². The van der Waals surface area contributed by atoms with Gasteiger partial charge in [-0.15, -0.1) is 22.6 Å². The number of halogens is 4. The van der Waals surface area contributed by atoms with Crippen molar-refractivity contribution in [3.8, 4) is 0 Å². The summed E-state index contributed by atoms with van der Waals surface area (Å²) in [6.07, 6.45) is -4.38. The lowest BCUT2D eigenvalue weighted by Crippen LogP contribution is -2.19. The lowest BCUT2D eigenvalue weighted by molar-refractivity contribution is -0.137. The lowest BCUT2D eigenvalue weighted by Gasteiger charge is -2.10. The van der Waals surface area contributed by atoms with E-state index in [0.29, 0.717) is 34.0 Å². The van der Waals surface area contributed by atoms with Crippen LogP contribution in [0.2, 0.25) is 0 Å². The summed E-state index contributed by atoms with van der Waals surface area (Å²) in [7, 11) is 3.95. The second kappa shape index (κ2) is 10.9. The summed E-state index contributed by atoms with van der Waals surface area (Å²) in [4.78, 5) is 10.9. The van der Waals surface area contributed by atoms with Crippen molar-refractivity contribution >= 4 is 41.7 Å². The van der Waals surface area contributed by atoms with Crippen LogP contribution >= 0.6 is 35.9 Å². The minimum absolute atomic E-state index is 0. The maximum Gasteiger partial charge on any atom is 0.416 e. The SMILES string of the molecule is Cc1cc(Sc2nnnn2CCN(C)C)n2nc(SCc3cccc(C(F)(F)F)c3)nc2n1.Cl. The number of alkyl halides is 3. The van der Waals surface area contributed by atoms with Gasteiger partial charge in [0.15, 0.2) is 0 Å². The molecular formula is C19H21ClF3N9S2. The molecule has 0 bridgehead atoms. The molecule has 0 aliphatic heterocycles. The number of nitrogens with zero attached hydrogens (tertiary/aromatic N) is 9. The number of fused-ring (bicyclic) bond motifs is 1. The van der Waals surface area contributed by atoms with Gasteiger partial charge in [-0.2, -0.15) is 22.7 Å². The van der Waals surface area contributed by atoms with Crippen molar-refractivity contribution in [2.24, 2.45) is 0 Å². The molecular weight excluding hydrogens is 511 g/mol. The van der Waals surface area contributed by atoms with E-state index < -0.39 is 11.7 Å². The Morgan fingerprint density at radius 2 is 1.91 bits per heavy atom. The van der Waals surface area contributed by atoms with Gasteiger partial charge in [-0.05, 0) is 60.9 Å². The molecule has 0 saturated heterocycles. The van der Waals surface area contributed by atoms with Crippen LogP contribution < -0.4 is 0 Å². The topological polar surface area (TPSA) is 89.9 Å². The molecule has 0 amide bonds. The average molecular weight is 532 g/mol. The van der Waals surface area contributed by atoms with Gasteiger partial charge in [0.2, 0.25) is 10.3 Å². The Hall–Kier alpha value is -2.42. The van der Waals surface area contributed by atoms with Crippen molar-refractivity contribution in [3.05, 3.63) is 47.2 Å². The normalized spacial score (nSPS) is 11.9. The van der Waals surface area contributed by atoms with Crippen LogP contribution in [-0.2, 0) is 18.5 Å². The molecule has 0 atom stereocenters. The van der Waals surface area contributed by atoms with Crippen molar-refractivity contribution in [1.82, 2.24) is 44.7 Å². The molecule has 15 heteroatoms. The van der Waals surface area contributed by atoms with Gasteiger partial charge < -0.3 is 4.90 Å². The molecule has 182 valence electrons. The minimum atomic E-state index is -4.38. The summed E-state index contributed by atoms with van der Waals surface area (Å²) in [5.41, 5.74) is 0.609. The second-order valence-electron chi connectivity index (χ2n) is 7.42. The summed E-state index contributed by atoms with van der Waals surface area (Å²) in [5, 5.41) is 18.2. The molecule has 0 spiro atoms. The van der Waals surface area contributed by atoms with Crippen LogP contribution in [0.5, 0.6) is 0 Å². The van der Waals surface area contributed by atoms with Gasteiger partial charge in [0, 0.05) is 18.0 Å². The first kappa shape index (κ1) is 26.2. The molecule has 3 heterocycles. The van der Waals surface area contributed by atoms with Crippen molar-refractivity contribution in [2.75, 3.05) is 20.6 Å². The highest BCUT2D eigenvalue weighted by atomic mass is 35.5. The monoisotopic (exact) mass is 531 g/mol. The van der Waals surface area contributed by atoms with E-state index in [9.17, 15) is 13.2 Å². The number of tetrazole rings is 1. The number of aryl methyl sites for hydroxylation is 1. The Labute approximate surface area is 207 Å². The van der Waals surface area contributed by atoms with Crippen molar-refractivity contribution in [1.29, 1.82) is 0 Å². The molecule has 0 aliphatic carbocycles. The molecule has 1 aromatic carbocycles. The highest BCUT2D eigenvalue weighted by molar-refractivity contribution is 7.99. The minimum Gasteiger partial charge on any atom is -0.308 e. The lowest BCUT2D eigenvalue weighted by atomic mass is 10.1. The van der Waals surface area contributed by atoms with Crippen LogP contribution in [0.15, 0.2) is 45.7 Å². The predicted molar refractivity (Wildman–Crippen MR) is 124 cm³/mol. The third kappa shape index (κ3) is 6.37. The number of hydrogen-bond donors (Lipinski definition) is 0. The van der Waals surface area contributed by atoms with Crippen LogP contribution in [-0.4, -0.2) is 65.3 Å². The van der Waals surface area contributed by atoms with Gasteiger partial charge in [-0.25, -0.2) is 9.67 Å². The van der Waals surface area contributed by atoms with E-state index in [2.05, 4.69) is 30.6 Å². The molecule has 4 rings (SSSR count). The predicted octanol–water partition coefficient (Wildman–Crippen LogP) is 3.86. The first-order chi connectivity index (χ1) is 15.7. The van der Waals surface area contributed by atoms with Crippen LogP contribution in [0, 0.1) is 6.92 Å². The largest absolute Gasteiger partial charge is 0.416 e. The smallest absolute Gasteiger partial charge is 0.308 e. The Morgan fingerprint density at radius 1 is 1.12 bits per heavy atom. The summed E-state index contributed by atoms with van der Waals surface area (Å²) in [6.45, 7) is 3.26. The summed E-state index contributed by atoms with van der Waals surface area (Å²) < 4.78 is 42.2. The summed E-state index contributed by atoms with van der Waals surface area (Å²) in [6, 6.07) is 7.10. The van der Waals surface area contributed by atoms with Gasteiger partial charge in [0.05, 0.1) is 12.1 Å². The van der Waals surface area contributed by atoms with E-state index in [4.69, 9.17) is 0 Å². The van der Waals surface area contributed by atoms with Crippen LogP contribution in [0.1, 0.15) is 16.8 Å². The van der Waals surface area contributed by atoms with Crippen LogP contribution in [0.3, 0.4) is 0 Å². The fourth-order valence-electron chi connectivity index (χ4n) is 2.85. The summed E-state index contributed by atoms with van der Waals surface area (Å²) >= 11 is 2.59. The molecule has 0 fully saturated rings. The summed E-state index contributed by atoms with van der Waals surface area (Å²) in [5.74, 6) is 0.696. The molecule has 4 aromatic rings. The molecule has 34 heavy (non-hydrogen) atoms. The number of likely N-dealkylation sites (N-methyl/N-ethyl adjacent to an activating group) is 1. The molecule has 9 nitrogen and oxygen atoms in total. The van der Waals surface area contributed by atoms with E-state index in [0.717, 1.165) is 29.4 Å². The van der Waals surface area contributed by atoms with Gasteiger partial charge in [0.1, 0.15) is 5.03 Å². The quantitative estimate of drug-likeness (QED) is 0.248. The first-order valence-electron chi connectivity index (χ1n) is 9.81. The number of hydrogen-bond acceptors (Lipinski definition) is 9. The van der Waals surface area contributed by atoms with E-state index in [1.807, 2.05) is 32.0 Å². The molecule has 0 N–H and O–H groups in total.